The molecule has 1 aliphatic heterocycles. The number of anilines is 2. The van der Waals surface area contributed by atoms with Crippen molar-refractivity contribution in [3.63, 3.8) is 0 Å². The lowest BCUT2D eigenvalue weighted by Gasteiger charge is -2.23. The third-order valence-electron chi connectivity index (χ3n) is 4.20. The maximum atomic E-state index is 13.1. The normalized spacial score (nSPS) is 14.5. The van der Waals surface area contributed by atoms with E-state index >= 15 is 0 Å². The number of benzene rings is 1. The van der Waals surface area contributed by atoms with Crippen molar-refractivity contribution in [2.75, 3.05) is 23.3 Å². The van der Waals surface area contributed by atoms with Crippen molar-refractivity contribution in [1.82, 2.24) is 5.32 Å². The van der Waals surface area contributed by atoms with Gasteiger partial charge in [0.2, 0.25) is 5.91 Å². The molecule has 0 aliphatic carbocycles. The average molecular weight is 409 g/mol. The van der Waals surface area contributed by atoms with Crippen molar-refractivity contribution in [2.45, 2.75) is 19.0 Å². The van der Waals surface area contributed by atoms with E-state index in [4.69, 9.17) is 16.6 Å². The topological polar surface area (TPSA) is 57.5 Å². The van der Waals surface area contributed by atoms with E-state index in [0.29, 0.717) is 11.4 Å². The number of halogens is 3. The number of carbonyl (C=O) groups is 1. The van der Waals surface area contributed by atoms with Crippen LogP contribution in [-0.4, -0.2) is 24.1 Å². The second-order valence-electron chi connectivity index (χ2n) is 6.22. The van der Waals surface area contributed by atoms with Crippen molar-refractivity contribution in [3.05, 3.63) is 54.0 Å². The van der Waals surface area contributed by atoms with E-state index in [-0.39, 0.29) is 10.8 Å². The first-order valence-corrected chi connectivity index (χ1v) is 9.03. The molecule has 1 amide bonds. The highest BCUT2D eigenvalue weighted by Crippen LogP contribution is 2.36. The van der Waals surface area contributed by atoms with E-state index < -0.39 is 17.6 Å². The standard InChI is InChI=1S/C19H18F3N3O2S/c20-19(21,22)13-5-7-16(25-9-1-2-10-25)15(12-13)23-18(28)24-17(26)8-6-14-4-3-11-27-14/h3-8,11-12H,1-2,9-10H2,(H2,23,24,26,28). The van der Waals surface area contributed by atoms with E-state index in [1.54, 1.807) is 12.1 Å². The van der Waals surface area contributed by atoms with Crippen molar-refractivity contribution < 1.29 is 22.4 Å². The number of amides is 1. The summed E-state index contributed by atoms with van der Waals surface area (Å²) in [7, 11) is 0. The highest BCUT2D eigenvalue weighted by Gasteiger charge is 2.31. The molecule has 2 aromatic rings. The maximum Gasteiger partial charge on any atom is 0.416 e. The molecule has 2 N–H and O–H groups in total. The van der Waals surface area contributed by atoms with E-state index in [9.17, 15) is 18.0 Å². The van der Waals surface area contributed by atoms with Gasteiger partial charge in [-0.1, -0.05) is 0 Å². The van der Waals surface area contributed by atoms with Crippen LogP contribution in [0.5, 0.6) is 0 Å². The molecular weight excluding hydrogens is 391 g/mol. The summed E-state index contributed by atoms with van der Waals surface area (Å²) in [4.78, 5) is 13.9. The van der Waals surface area contributed by atoms with Crippen LogP contribution in [0.3, 0.4) is 0 Å². The molecule has 0 saturated carbocycles. The van der Waals surface area contributed by atoms with Gasteiger partial charge < -0.3 is 14.6 Å². The van der Waals surface area contributed by atoms with Crippen molar-refractivity contribution in [2.24, 2.45) is 0 Å². The minimum Gasteiger partial charge on any atom is -0.465 e. The molecule has 0 radical (unpaired) electrons. The largest absolute Gasteiger partial charge is 0.465 e. The molecule has 148 valence electrons. The van der Waals surface area contributed by atoms with Gasteiger partial charge in [-0.3, -0.25) is 10.1 Å². The highest BCUT2D eigenvalue weighted by molar-refractivity contribution is 7.80. The van der Waals surface area contributed by atoms with Crippen LogP contribution in [0.25, 0.3) is 6.08 Å². The minimum atomic E-state index is -4.48. The van der Waals surface area contributed by atoms with Crippen molar-refractivity contribution >= 4 is 40.7 Å². The maximum absolute atomic E-state index is 13.1. The van der Waals surface area contributed by atoms with Crippen LogP contribution in [0, 0.1) is 0 Å². The van der Waals surface area contributed by atoms with Gasteiger partial charge in [0.25, 0.3) is 0 Å². The number of thiocarbonyl (C=S) groups is 1. The molecule has 1 fully saturated rings. The van der Waals surface area contributed by atoms with E-state index in [1.807, 2.05) is 4.90 Å². The number of nitrogens with zero attached hydrogens (tertiary/aromatic N) is 1. The summed E-state index contributed by atoms with van der Waals surface area (Å²) in [5.41, 5.74) is 0.0371. The van der Waals surface area contributed by atoms with Gasteiger partial charge in [-0.15, -0.1) is 0 Å². The van der Waals surface area contributed by atoms with Gasteiger partial charge in [-0.2, -0.15) is 13.2 Å². The Morgan fingerprint density at radius 1 is 1.21 bits per heavy atom. The zero-order valence-electron chi connectivity index (χ0n) is 14.8. The minimum absolute atomic E-state index is 0.0890. The smallest absolute Gasteiger partial charge is 0.416 e. The van der Waals surface area contributed by atoms with E-state index in [0.717, 1.165) is 38.1 Å². The van der Waals surface area contributed by atoms with E-state index in [1.165, 1.54) is 24.5 Å². The second kappa shape index (κ2) is 8.47. The van der Waals surface area contributed by atoms with Gasteiger partial charge >= 0.3 is 6.18 Å². The van der Waals surface area contributed by atoms with Crippen LogP contribution in [0.4, 0.5) is 24.5 Å². The molecule has 0 bridgehead atoms. The number of hydrogen-bond acceptors (Lipinski definition) is 4. The molecule has 1 aromatic heterocycles. The third kappa shape index (κ3) is 5.13. The van der Waals surface area contributed by atoms with Crippen LogP contribution < -0.4 is 15.5 Å². The Bertz CT molecular complexity index is 873. The van der Waals surface area contributed by atoms with Crippen LogP contribution in [-0.2, 0) is 11.0 Å². The number of furan rings is 1. The number of hydrogen-bond donors (Lipinski definition) is 2. The van der Waals surface area contributed by atoms with Crippen LogP contribution >= 0.6 is 12.2 Å². The molecule has 5 nitrogen and oxygen atoms in total. The average Bonchev–Trinajstić information content (AvgIpc) is 3.33. The molecule has 1 aromatic carbocycles. The summed E-state index contributed by atoms with van der Waals surface area (Å²) in [5.74, 6) is -0.0353. The Morgan fingerprint density at radius 3 is 2.61 bits per heavy atom. The summed E-state index contributed by atoms with van der Waals surface area (Å²) in [6.45, 7) is 1.51. The molecule has 1 saturated heterocycles. The van der Waals surface area contributed by atoms with Gasteiger partial charge in [-0.25, -0.2) is 0 Å². The zero-order valence-corrected chi connectivity index (χ0v) is 15.6. The van der Waals surface area contributed by atoms with Gasteiger partial charge in [0.05, 0.1) is 23.2 Å². The summed E-state index contributed by atoms with van der Waals surface area (Å²) >= 11 is 5.10. The molecule has 0 spiro atoms. The Labute approximate surface area is 165 Å². The lowest BCUT2D eigenvalue weighted by atomic mass is 10.1. The fraction of sp³-hybridized carbons (Fsp3) is 0.263. The lowest BCUT2D eigenvalue weighted by Crippen LogP contribution is -2.33. The van der Waals surface area contributed by atoms with Gasteiger partial charge in [0, 0.05) is 19.2 Å². The number of rotatable bonds is 4. The summed E-state index contributed by atoms with van der Waals surface area (Å²) < 4.78 is 44.4. The van der Waals surface area contributed by atoms with Gasteiger partial charge in [-0.05, 0) is 61.5 Å². The van der Waals surface area contributed by atoms with Crippen LogP contribution in [0.2, 0.25) is 0 Å². The molecular formula is C19H18F3N3O2S. The Morgan fingerprint density at radius 2 is 1.96 bits per heavy atom. The molecule has 2 heterocycles. The summed E-state index contributed by atoms with van der Waals surface area (Å²) in [6, 6.07) is 6.83. The first-order chi connectivity index (χ1) is 13.3. The quantitative estimate of drug-likeness (QED) is 0.578. The van der Waals surface area contributed by atoms with Crippen LogP contribution in [0.1, 0.15) is 24.2 Å². The molecule has 0 atom stereocenters. The van der Waals surface area contributed by atoms with Gasteiger partial charge in [0.15, 0.2) is 5.11 Å². The van der Waals surface area contributed by atoms with Gasteiger partial charge in [0.1, 0.15) is 5.76 Å². The first kappa shape index (κ1) is 19.9. The Hall–Kier alpha value is -2.81. The molecule has 3 rings (SSSR count). The SMILES string of the molecule is O=C(C=Cc1ccco1)NC(=S)Nc1cc(C(F)(F)F)ccc1N1CCCC1. The number of nitrogens with one attached hydrogen (secondary N) is 2. The second-order valence-corrected chi connectivity index (χ2v) is 6.62. The number of alkyl halides is 3. The molecule has 1 aliphatic rings. The van der Waals surface area contributed by atoms with Crippen LogP contribution in [0.15, 0.2) is 47.1 Å². The highest BCUT2D eigenvalue weighted by atomic mass is 32.1. The fourth-order valence-electron chi connectivity index (χ4n) is 2.90. The fourth-order valence-corrected chi connectivity index (χ4v) is 3.11. The lowest BCUT2D eigenvalue weighted by molar-refractivity contribution is -0.137. The zero-order chi connectivity index (χ0) is 20.1. The number of carbonyl (C=O) groups excluding carboxylic acids is 1. The third-order valence-corrected chi connectivity index (χ3v) is 4.40. The predicted octanol–water partition coefficient (Wildman–Crippen LogP) is 4.43. The molecule has 0 unspecified atom stereocenters. The Kier molecular flexibility index (Phi) is 6.03. The predicted molar refractivity (Wildman–Crippen MR) is 105 cm³/mol. The molecule has 28 heavy (non-hydrogen) atoms. The first-order valence-electron chi connectivity index (χ1n) is 8.63. The summed E-state index contributed by atoms with van der Waals surface area (Å²) in [5, 5.41) is 5.06. The van der Waals surface area contributed by atoms with E-state index in [2.05, 4.69) is 10.6 Å². The molecule has 9 heteroatoms. The van der Waals surface area contributed by atoms with Crippen molar-refractivity contribution in [1.29, 1.82) is 0 Å². The Balaban J connectivity index is 1.73. The van der Waals surface area contributed by atoms with Crippen molar-refractivity contribution in [3.8, 4) is 0 Å². The monoisotopic (exact) mass is 409 g/mol. The summed E-state index contributed by atoms with van der Waals surface area (Å²) in [6.07, 6.45) is 1.62.